The van der Waals surface area contributed by atoms with Gasteiger partial charge in [0.2, 0.25) is 5.91 Å². The van der Waals surface area contributed by atoms with Crippen molar-refractivity contribution >= 4 is 23.4 Å². The first-order chi connectivity index (χ1) is 10.6. The van der Waals surface area contributed by atoms with Crippen LogP contribution in [0.2, 0.25) is 5.02 Å². The van der Waals surface area contributed by atoms with E-state index in [1.54, 1.807) is 24.3 Å². The lowest BCUT2D eigenvalue weighted by atomic mass is 10.00. The van der Waals surface area contributed by atoms with Crippen LogP contribution in [0.1, 0.15) is 36.0 Å². The van der Waals surface area contributed by atoms with Gasteiger partial charge in [0.05, 0.1) is 6.54 Å². The number of hydrogen-bond acceptors (Lipinski definition) is 3. The molecular formula is C16H20ClN3O2. The Kier molecular flexibility index (Phi) is 4.64. The van der Waals surface area contributed by atoms with E-state index in [1.807, 2.05) is 0 Å². The maximum Gasteiger partial charge on any atom is 0.251 e. The van der Waals surface area contributed by atoms with E-state index in [1.165, 1.54) is 12.8 Å². The van der Waals surface area contributed by atoms with Gasteiger partial charge in [0.15, 0.2) is 0 Å². The second-order valence-electron chi connectivity index (χ2n) is 6.07. The topological polar surface area (TPSA) is 70.2 Å². The fourth-order valence-electron chi connectivity index (χ4n) is 3.35. The summed E-state index contributed by atoms with van der Waals surface area (Å²) in [7, 11) is 0. The van der Waals surface area contributed by atoms with E-state index in [9.17, 15) is 9.59 Å². The van der Waals surface area contributed by atoms with Crippen molar-refractivity contribution in [2.75, 3.05) is 6.54 Å². The monoisotopic (exact) mass is 321 g/mol. The van der Waals surface area contributed by atoms with E-state index in [-0.39, 0.29) is 24.4 Å². The number of hydrogen-bond donors (Lipinski definition) is 3. The van der Waals surface area contributed by atoms with Crippen molar-refractivity contribution in [3.8, 4) is 0 Å². The molecule has 0 unspecified atom stereocenters. The molecule has 3 rings (SSSR count). The van der Waals surface area contributed by atoms with Gasteiger partial charge < -0.3 is 16.0 Å². The number of rotatable bonds is 4. The number of nitrogens with one attached hydrogen (secondary N) is 3. The molecule has 6 heteroatoms. The van der Waals surface area contributed by atoms with Crippen molar-refractivity contribution < 1.29 is 9.59 Å². The van der Waals surface area contributed by atoms with Gasteiger partial charge in [-0.2, -0.15) is 0 Å². The molecule has 0 radical (unpaired) electrons. The molecule has 5 nitrogen and oxygen atoms in total. The molecule has 0 aliphatic carbocycles. The first-order valence-corrected chi connectivity index (χ1v) is 8.07. The Labute approximate surface area is 134 Å². The third-order valence-electron chi connectivity index (χ3n) is 4.33. The Morgan fingerprint density at radius 1 is 1.23 bits per heavy atom. The Balaban J connectivity index is 1.45. The van der Waals surface area contributed by atoms with Crippen molar-refractivity contribution in [1.29, 1.82) is 0 Å². The quantitative estimate of drug-likeness (QED) is 0.786. The van der Waals surface area contributed by atoms with E-state index in [2.05, 4.69) is 16.0 Å². The van der Waals surface area contributed by atoms with Gasteiger partial charge in [-0.05, 0) is 43.9 Å². The molecule has 2 fully saturated rings. The predicted octanol–water partition coefficient (Wildman–Crippen LogP) is 1.47. The zero-order valence-corrected chi connectivity index (χ0v) is 13.0. The third-order valence-corrected chi connectivity index (χ3v) is 4.57. The Morgan fingerprint density at radius 3 is 2.64 bits per heavy atom. The second kappa shape index (κ2) is 6.67. The van der Waals surface area contributed by atoms with Crippen LogP contribution in [0.25, 0.3) is 0 Å². The highest BCUT2D eigenvalue weighted by atomic mass is 35.5. The van der Waals surface area contributed by atoms with E-state index in [4.69, 9.17) is 11.6 Å². The minimum absolute atomic E-state index is 0.00932. The standard InChI is InChI=1S/C16H20ClN3O2/c17-11-3-1-2-10(6-11)16(22)18-9-15(21)20-14-7-12-4-5-13(8-14)19-12/h1-3,6,12-14,19H,4-5,7-9H2,(H,18,22)(H,20,21)/t12-,13+,14-. The summed E-state index contributed by atoms with van der Waals surface area (Å²) < 4.78 is 0. The molecule has 0 spiro atoms. The molecule has 0 aromatic heterocycles. The molecular weight excluding hydrogens is 302 g/mol. The minimum Gasteiger partial charge on any atom is -0.352 e. The summed E-state index contributed by atoms with van der Waals surface area (Å²) >= 11 is 5.85. The van der Waals surface area contributed by atoms with Crippen LogP contribution >= 0.6 is 11.6 Å². The highest BCUT2D eigenvalue weighted by Crippen LogP contribution is 2.26. The van der Waals surface area contributed by atoms with Crippen molar-refractivity contribution in [3.63, 3.8) is 0 Å². The van der Waals surface area contributed by atoms with Gasteiger partial charge in [0.1, 0.15) is 0 Å². The molecule has 1 aromatic carbocycles. The Morgan fingerprint density at radius 2 is 1.95 bits per heavy atom. The lowest BCUT2D eigenvalue weighted by Gasteiger charge is -2.29. The Hall–Kier alpha value is -1.59. The Bertz CT molecular complexity index is 566. The number of amides is 2. The van der Waals surface area contributed by atoms with Crippen LogP contribution in [-0.4, -0.2) is 36.5 Å². The van der Waals surface area contributed by atoms with Crippen LogP contribution in [0.4, 0.5) is 0 Å². The fraction of sp³-hybridized carbons (Fsp3) is 0.500. The van der Waals surface area contributed by atoms with E-state index in [0.29, 0.717) is 22.7 Å². The van der Waals surface area contributed by atoms with Gasteiger partial charge in [-0.15, -0.1) is 0 Å². The predicted molar refractivity (Wildman–Crippen MR) is 84.9 cm³/mol. The molecule has 2 heterocycles. The van der Waals surface area contributed by atoms with Crippen LogP contribution in [0.3, 0.4) is 0 Å². The smallest absolute Gasteiger partial charge is 0.251 e. The van der Waals surface area contributed by atoms with Crippen LogP contribution < -0.4 is 16.0 Å². The highest BCUT2D eigenvalue weighted by molar-refractivity contribution is 6.30. The molecule has 22 heavy (non-hydrogen) atoms. The largest absolute Gasteiger partial charge is 0.352 e. The van der Waals surface area contributed by atoms with Gasteiger partial charge in [-0.1, -0.05) is 17.7 Å². The minimum atomic E-state index is -0.289. The summed E-state index contributed by atoms with van der Waals surface area (Å²) in [5, 5.41) is 9.69. The van der Waals surface area contributed by atoms with E-state index >= 15 is 0 Å². The first kappa shape index (κ1) is 15.3. The van der Waals surface area contributed by atoms with Crippen LogP contribution in [0, 0.1) is 0 Å². The number of piperidine rings is 1. The van der Waals surface area contributed by atoms with Crippen molar-refractivity contribution in [2.45, 2.75) is 43.8 Å². The highest BCUT2D eigenvalue weighted by Gasteiger charge is 2.33. The van der Waals surface area contributed by atoms with Crippen molar-refractivity contribution in [2.24, 2.45) is 0 Å². The molecule has 118 valence electrons. The molecule has 3 atom stereocenters. The molecule has 2 amide bonds. The number of fused-ring (bicyclic) bond motifs is 2. The summed E-state index contributed by atoms with van der Waals surface area (Å²) in [6.45, 7) is -0.00932. The van der Waals surface area contributed by atoms with Crippen molar-refractivity contribution in [1.82, 2.24) is 16.0 Å². The van der Waals surface area contributed by atoms with Gasteiger partial charge in [-0.3, -0.25) is 9.59 Å². The first-order valence-electron chi connectivity index (χ1n) is 7.69. The summed E-state index contributed by atoms with van der Waals surface area (Å²) in [4.78, 5) is 23.9. The summed E-state index contributed by atoms with van der Waals surface area (Å²) in [6.07, 6.45) is 4.35. The van der Waals surface area contributed by atoms with E-state index < -0.39 is 0 Å². The summed E-state index contributed by atoms with van der Waals surface area (Å²) in [6, 6.07) is 7.95. The van der Waals surface area contributed by atoms with Gasteiger partial charge >= 0.3 is 0 Å². The molecule has 3 N–H and O–H groups in total. The number of benzene rings is 1. The van der Waals surface area contributed by atoms with Gasteiger partial charge in [-0.25, -0.2) is 0 Å². The SMILES string of the molecule is O=C(CNC(=O)c1cccc(Cl)c1)N[C@@H]1C[C@H]2CC[C@@H](C1)N2. The third kappa shape index (κ3) is 3.78. The number of carbonyl (C=O) groups excluding carboxylic acids is 2. The number of carbonyl (C=O) groups is 2. The normalized spacial score (nSPS) is 26.5. The fourth-order valence-corrected chi connectivity index (χ4v) is 3.54. The molecule has 0 saturated carbocycles. The summed E-state index contributed by atoms with van der Waals surface area (Å²) in [5.41, 5.74) is 0.459. The average Bonchev–Trinajstić information content (AvgIpc) is 2.83. The maximum atomic E-state index is 12.0. The zero-order valence-electron chi connectivity index (χ0n) is 12.3. The average molecular weight is 322 g/mol. The molecule has 2 aliphatic heterocycles. The van der Waals surface area contributed by atoms with Gasteiger partial charge in [0.25, 0.3) is 5.91 Å². The molecule has 2 saturated heterocycles. The summed E-state index contributed by atoms with van der Waals surface area (Å²) in [5.74, 6) is -0.426. The van der Waals surface area contributed by atoms with Gasteiger partial charge in [0, 0.05) is 28.7 Å². The van der Waals surface area contributed by atoms with E-state index in [0.717, 1.165) is 12.8 Å². The lowest BCUT2D eigenvalue weighted by molar-refractivity contribution is -0.121. The van der Waals surface area contributed by atoms with Crippen LogP contribution in [0.15, 0.2) is 24.3 Å². The second-order valence-corrected chi connectivity index (χ2v) is 6.50. The molecule has 2 aliphatic rings. The van der Waals surface area contributed by atoms with Crippen molar-refractivity contribution in [3.05, 3.63) is 34.9 Å². The van der Waals surface area contributed by atoms with Crippen LogP contribution in [0.5, 0.6) is 0 Å². The lowest BCUT2D eigenvalue weighted by Crippen LogP contribution is -2.50. The molecule has 1 aromatic rings. The van der Waals surface area contributed by atoms with Crippen LogP contribution in [-0.2, 0) is 4.79 Å². The molecule has 2 bridgehead atoms. The maximum absolute atomic E-state index is 12.0. The zero-order chi connectivity index (χ0) is 15.5. The number of halogens is 1.